The average molecular weight is 616 g/mol. The number of thiocarbonyl (C=S) groups is 1. The Hall–Kier alpha value is -4.00. The van der Waals surface area contributed by atoms with E-state index in [0.29, 0.717) is 11.8 Å². The van der Waals surface area contributed by atoms with E-state index in [1.54, 1.807) is 6.20 Å². The van der Waals surface area contributed by atoms with Gasteiger partial charge in [0.25, 0.3) is 0 Å². The summed E-state index contributed by atoms with van der Waals surface area (Å²) in [5.41, 5.74) is 3.04. The molecule has 230 valence electrons. The van der Waals surface area contributed by atoms with Gasteiger partial charge >= 0.3 is 11.9 Å². The fourth-order valence-corrected chi connectivity index (χ4v) is 5.73. The topological polar surface area (TPSA) is 135 Å². The van der Waals surface area contributed by atoms with Gasteiger partial charge in [-0.15, -0.1) is 0 Å². The van der Waals surface area contributed by atoms with E-state index in [1.807, 2.05) is 43.4 Å². The van der Waals surface area contributed by atoms with Gasteiger partial charge in [-0.05, 0) is 85.8 Å². The number of aromatic nitrogens is 1. The number of benzene rings is 2. The van der Waals surface area contributed by atoms with Crippen molar-refractivity contribution in [1.29, 1.82) is 0 Å². The molecule has 3 aromatic rings. The minimum absolute atomic E-state index is 0. The first-order valence-electron chi connectivity index (χ1n) is 13.7. The number of fused-ring (bicyclic) bond motifs is 1. The molecule has 0 radical (unpaired) electrons. The summed E-state index contributed by atoms with van der Waals surface area (Å²) in [6, 6.07) is 17.4. The smallest absolute Gasteiger partial charge is 0.414 e. The van der Waals surface area contributed by atoms with Crippen LogP contribution in [0.25, 0.3) is 0 Å². The van der Waals surface area contributed by atoms with Crippen molar-refractivity contribution in [3.8, 4) is 5.88 Å². The number of carbonyl (C=O) groups is 2. The minimum atomic E-state index is -1.82. The molecular formula is C31H35F2N3O6S. The lowest BCUT2D eigenvalue weighted by atomic mass is 9.76. The van der Waals surface area contributed by atoms with Gasteiger partial charge in [-0.25, -0.2) is 23.4 Å². The Labute approximate surface area is 254 Å². The molecular weight excluding hydrogens is 580 g/mol. The molecule has 2 aromatic carbocycles. The Morgan fingerprint density at radius 1 is 0.977 bits per heavy atom. The number of nitrogens with zero attached hydrogens (tertiary/aromatic N) is 3. The van der Waals surface area contributed by atoms with E-state index < -0.39 is 11.9 Å². The number of carboxylic acids is 2. The van der Waals surface area contributed by atoms with Gasteiger partial charge in [0.05, 0.1) is 12.1 Å². The molecule has 5 rings (SSSR count). The first-order valence-corrected chi connectivity index (χ1v) is 14.1. The fourth-order valence-electron chi connectivity index (χ4n) is 5.50. The molecule has 0 amide bonds. The molecule has 1 aromatic heterocycles. The third-order valence-corrected chi connectivity index (χ3v) is 8.15. The largest absolute Gasteiger partial charge is 0.473 e. The molecule has 4 N–H and O–H groups in total. The van der Waals surface area contributed by atoms with Gasteiger partial charge in [0.2, 0.25) is 5.88 Å². The second kappa shape index (κ2) is 15.5. The maximum atomic E-state index is 13.6. The zero-order valence-electron chi connectivity index (χ0n) is 23.7. The molecule has 1 saturated heterocycles. The molecule has 3 heterocycles. The quantitative estimate of drug-likeness (QED) is 0.312. The Balaban J connectivity index is 0.000000658. The van der Waals surface area contributed by atoms with E-state index in [0.717, 1.165) is 67.1 Å². The van der Waals surface area contributed by atoms with Crippen LogP contribution < -0.4 is 4.74 Å². The zero-order valence-corrected chi connectivity index (χ0v) is 24.5. The predicted molar refractivity (Wildman–Crippen MR) is 160 cm³/mol. The summed E-state index contributed by atoms with van der Waals surface area (Å²) in [6.07, 6.45) is 4.71. The average Bonchev–Trinajstić information content (AvgIpc) is 3.10. The number of piperidine rings is 1. The Morgan fingerprint density at radius 2 is 1.51 bits per heavy atom. The number of halogens is 2. The third-order valence-electron chi connectivity index (χ3n) is 7.62. The van der Waals surface area contributed by atoms with Gasteiger partial charge < -0.3 is 30.2 Å². The van der Waals surface area contributed by atoms with E-state index in [9.17, 15) is 8.78 Å². The molecule has 2 aliphatic heterocycles. The number of hydrogen-bond donors (Lipinski definition) is 2. The van der Waals surface area contributed by atoms with Crippen molar-refractivity contribution in [2.45, 2.75) is 31.3 Å². The summed E-state index contributed by atoms with van der Waals surface area (Å²) >= 11 is 5.62. The standard InChI is InChI=1S/C29H31F2N3OS.C2H2O4.H2O/c1-33-19-25(35-28-26(29(33)36)3-2-15-32-28)14-18-34-16-12-22(13-17-34)27(20-4-8-23(30)9-5-20)21-6-10-24(31)11-7-21;3-1(4)2(5)6;/h2-11,15,22,25,27H,12-14,16-19H2,1H3;(H,3,4)(H,5,6);1H2. The molecule has 0 aliphatic carbocycles. The number of hydrogen-bond acceptors (Lipinski definition) is 6. The highest BCUT2D eigenvalue weighted by Crippen LogP contribution is 2.38. The predicted octanol–water partition coefficient (Wildman–Crippen LogP) is 3.99. The summed E-state index contributed by atoms with van der Waals surface area (Å²) in [5.74, 6) is -2.98. The van der Waals surface area contributed by atoms with E-state index in [4.69, 9.17) is 36.8 Å². The number of rotatable bonds is 6. The van der Waals surface area contributed by atoms with Crippen LogP contribution in [0.4, 0.5) is 8.78 Å². The van der Waals surface area contributed by atoms with Gasteiger partial charge in [0.1, 0.15) is 22.7 Å². The van der Waals surface area contributed by atoms with Crippen LogP contribution in [0.2, 0.25) is 0 Å². The maximum absolute atomic E-state index is 13.6. The summed E-state index contributed by atoms with van der Waals surface area (Å²) in [5, 5.41) is 14.8. The van der Waals surface area contributed by atoms with Crippen LogP contribution in [-0.2, 0) is 9.59 Å². The van der Waals surface area contributed by atoms with Crippen molar-refractivity contribution in [2.75, 3.05) is 33.2 Å². The molecule has 12 heteroatoms. The second-order valence-electron chi connectivity index (χ2n) is 10.4. The van der Waals surface area contributed by atoms with Crippen molar-refractivity contribution < 1.29 is 38.8 Å². The van der Waals surface area contributed by atoms with E-state index in [-0.39, 0.29) is 29.1 Å². The molecule has 9 nitrogen and oxygen atoms in total. The van der Waals surface area contributed by atoms with Crippen LogP contribution in [0, 0.1) is 17.6 Å². The van der Waals surface area contributed by atoms with Crippen LogP contribution in [0.3, 0.4) is 0 Å². The molecule has 43 heavy (non-hydrogen) atoms. The van der Waals surface area contributed by atoms with Gasteiger partial charge in [-0.1, -0.05) is 36.5 Å². The zero-order chi connectivity index (χ0) is 30.2. The number of aliphatic carboxylic acids is 2. The Bertz CT molecular complexity index is 1330. The number of carboxylic acid groups (broad SMARTS) is 2. The van der Waals surface area contributed by atoms with Gasteiger partial charge in [-0.2, -0.15) is 0 Å². The summed E-state index contributed by atoms with van der Waals surface area (Å²) in [6.45, 7) is 3.65. The highest BCUT2D eigenvalue weighted by Gasteiger charge is 2.30. The number of ether oxygens (including phenoxy) is 1. The Morgan fingerprint density at radius 3 is 2.02 bits per heavy atom. The van der Waals surface area contributed by atoms with Crippen LogP contribution in [-0.4, -0.2) is 86.7 Å². The number of likely N-dealkylation sites (tertiary alicyclic amines) is 1. The lowest BCUT2D eigenvalue weighted by Crippen LogP contribution is -2.40. The minimum Gasteiger partial charge on any atom is -0.473 e. The number of pyridine rings is 1. The molecule has 1 atom stereocenters. The highest BCUT2D eigenvalue weighted by atomic mass is 32.1. The van der Waals surface area contributed by atoms with E-state index in [2.05, 4.69) is 14.8 Å². The monoisotopic (exact) mass is 615 g/mol. The molecule has 0 saturated carbocycles. The first-order chi connectivity index (χ1) is 20.1. The molecule has 1 unspecified atom stereocenters. The fraction of sp³-hybridized carbons (Fsp3) is 0.355. The molecule has 0 bridgehead atoms. The SMILES string of the molecule is CN1CC(CCN2CCC(C(c3ccc(F)cc3)c3ccc(F)cc3)CC2)Oc2ncccc2C1=S.O.O=C(O)C(=O)O. The highest BCUT2D eigenvalue weighted by molar-refractivity contribution is 7.80. The first kappa shape index (κ1) is 33.5. The van der Waals surface area contributed by atoms with Crippen molar-refractivity contribution in [3.05, 3.63) is 95.2 Å². The molecule has 1 fully saturated rings. The molecule has 0 spiro atoms. The van der Waals surface area contributed by atoms with E-state index >= 15 is 0 Å². The van der Waals surface area contributed by atoms with Gasteiger partial charge in [0, 0.05) is 25.7 Å². The lowest BCUT2D eigenvalue weighted by Gasteiger charge is -2.37. The van der Waals surface area contributed by atoms with Crippen molar-refractivity contribution in [1.82, 2.24) is 14.8 Å². The van der Waals surface area contributed by atoms with Gasteiger partial charge in [-0.3, -0.25) is 0 Å². The molecule has 2 aliphatic rings. The summed E-state index contributed by atoms with van der Waals surface area (Å²) in [4.78, 5) is 28.0. The van der Waals surface area contributed by atoms with Crippen LogP contribution in [0.1, 0.15) is 41.9 Å². The van der Waals surface area contributed by atoms with Crippen molar-refractivity contribution >= 4 is 29.1 Å². The van der Waals surface area contributed by atoms with Crippen LogP contribution in [0.5, 0.6) is 5.88 Å². The second-order valence-corrected chi connectivity index (χ2v) is 10.8. The lowest BCUT2D eigenvalue weighted by molar-refractivity contribution is -0.159. The summed E-state index contributed by atoms with van der Waals surface area (Å²) < 4.78 is 33.5. The van der Waals surface area contributed by atoms with E-state index in [1.165, 1.54) is 24.3 Å². The number of likely N-dealkylation sites (N-methyl/N-ethyl adjacent to an activating group) is 1. The summed E-state index contributed by atoms with van der Waals surface area (Å²) in [7, 11) is 2.01. The Kier molecular flexibility index (Phi) is 12.0. The van der Waals surface area contributed by atoms with Crippen molar-refractivity contribution in [2.24, 2.45) is 5.92 Å². The van der Waals surface area contributed by atoms with Crippen molar-refractivity contribution in [3.63, 3.8) is 0 Å². The normalized spacial score (nSPS) is 17.1. The van der Waals surface area contributed by atoms with Gasteiger partial charge in [0.15, 0.2) is 0 Å². The van der Waals surface area contributed by atoms with Crippen LogP contribution >= 0.6 is 12.2 Å². The third kappa shape index (κ3) is 8.99. The van der Waals surface area contributed by atoms with Crippen LogP contribution in [0.15, 0.2) is 66.9 Å². The maximum Gasteiger partial charge on any atom is 0.414 e.